The van der Waals surface area contributed by atoms with E-state index in [1.807, 2.05) is 12.1 Å². The molecule has 0 radical (unpaired) electrons. The van der Waals surface area contributed by atoms with Crippen molar-refractivity contribution in [2.75, 3.05) is 6.54 Å². The average Bonchev–Trinajstić information content (AvgIpc) is 2.14. The van der Waals surface area contributed by atoms with Crippen molar-refractivity contribution in [2.45, 2.75) is 39.1 Å². The largest absolute Gasteiger partial charge is 0.508 e. The van der Waals surface area contributed by atoms with Crippen molar-refractivity contribution >= 4 is 11.6 Å². The molecule has 0 heterocycles. The molecule has 17 heavy (non-hydrogen) atoms. The molecule has 1 aromatic rings. The molecule has 0 fully saturated rings. The molecule has 2 N–H and O–H groups in total. The van der Waals surface area contributed by atoms with Gasteiger partial charge in [-0.1, -0.05) is 32.9 Å². The third-order valence-corrected chi connectivity index (χ3v) is 2.75. The third-order valence-electron chi connectivity index (χ3n) is 2.44. The number of rotatable bonds is 5. The lowest BCUT2D eigenvalue weighted by Crippen LogP contribution is -2.26. The van der Waals surface area contributed by atoms with Crippen LogP contribution in [0.3, 0.4) is 0 Å². The summed E-state index contributed by atoms with van der Waals surface area (Å²) in [6.45, 7) is 8.10. The van der Waals surface area contributed by atoms with Crippen molar-refractivity contribution in [3.05, 3.63) is 29.8 Å². The zero-order valence-electron chi connectivity index (χ0n) is 10.8. The van der Waals surface area contributed by atoms with Crippen LogP contribution in [0.4, 0.5) is 0 Å². The number of phenolic OH excluding ortho intramolecular Hbond substituents is 1. The second kappa shape index (κ2) is 6.27. The van der Waals surface area contributed by atoms with Gasteiger partial charge >= 0.3 is 0 Å². The monoisotopic (exact) mass is 255 g/mol. The maximum atomic E-state index is 9.32. The number of halogens is 1. The van der Waals surface area contributed by atoms with Gasteiger partial charge in [0.05, 0.1) is 0 Å². The number of benzene rings is 1. The molecule has 3 heteroatoms. The lowest BCUT2D eigenvalue weighted by atomic mass is 9.90. The van der Waals surface area contributed by atoms with Crippen molar-refractivity contribution in [2.24, 2.45) is 5.41 Å². The summed E-state index contributed by atoms with van der Waals surface area (Å²) in [5.41, 5.74) is 1.34. The topological polar surface area (TPSA) is 32.3 Å². The molecule has 0 amide bonds. The number of aromatic hydroxyl groups is 1. The van der Waals surface area contributed by atoms with Crippen molar-refractivity contribution in [1.82, 2.24) is 5.32 Å². The lowest BCUT2D eigenvalue weighted by molar-refractivity contribution is 0.364. The van der Waals surface area contributed by atoms with Crippen LogP contribution in [0.1, 0.15) is 32.8 Å². The summed E-state index contributed by atoms with van der Waals surface area (Å²) in [6, 6.07) is 7.27. The normalized spacial score (nSPS) is 13.6. The Bertz CT molecular complexity index is 346. The van der Waals surface area contributed by atoms with Gasteiger partial charge in [-0.25, -0.2) is 0 Å². The molecule has 2 nitrogen and oxygen atoms in total. The number of hydrogen-bond acceptors (Lipinski definition) is 2. The molecule has 0 spiro atoms. The van der Waals surface area contributed by atoms with Crippen LogP contribution in [-0.4, -0.2) is 17.0 Å². The minimum atomic E-state index is 0.146. The average molecular weight is 256 g/mol. The SMILES string of the molecule is CC(C)(C)CC(Cl)CNCc1cccc(O)c1. The van der Waals surface area contributed by atoms with Crippen LogP contribution >= 0.6 is 11.6 Å². The summed E-state index contributed by atoms with van der Waals surface area (Å²) < 4.78 is 0. The molecule has 1 atom stereocenters. The fourth-order valence-electron chi connectivity index (χ4n) is 1.78. The van der Waals surface area contributed by atoms with Gasteiger partial charge in [0.1, 0.15) is 5.75 Å². The van der Waals surface area contributed by atoms with Gasteiger partial charge in [-0.3, -0.25) is 0 Å². The fourth-order valence-corrected chi connectivity index (χ4v) is 2.35. The van der Waals surface area contributed by atoms with Gasteiger partial charge < -0.3 is 10.4 Å². The van der Waals surface area contributed by atoms with E-state index in [0.717, 1.165) is 25.1 Å². The highest BCUT2D eigenvalue weighted by Gasteiger charge is 2.16. The molecule has 96 valence electrons. The minimum absolute atomic E-state index is 0.146. The Kier molecular flexibility index (Phi) is 5.29. The molecule has 0 saturated carbocycles. The van der Waals surface area contributed by atoms with Gasteiger partial charge in [-0.05, 0) is 29.5 Å². The van der Waals surface area contributed by atoms with Crippen LogP contribution in [-0.2, 0) is 6.54 Å². The zero-order chi connectivity index (χ0) is 12.9. The van der Waals surface area contributed by atoms with E-state index in [0.29, 0.717) is 5.75 Å². The Balaban J connectivity index is 2.28. The van der Waals surface area contributed by atoms with E-state index >= 15 is 0 Å². The smallest absolute Gasteiger partial charge is 0.115 e. The van der Waals surface area contributed by atoms with Gasteiger partial charge in [0, 0.05) is 18.5 Å². The summed E-state index contributed by atoms with van der Waals surface area (Å²) >= 11 is 6.25. The van der Waals surface area contributed by atoms with Gasteiger partial charge in [0.2, 0.25) is 0 Å². The Morgan fingerprint density at radius 2 is 2.06 bits per heavy atom. The summed E-state index contributed by atoms with van der Waals surface area (Å²) in [5.74, 6) is 0.307. The van der Waals surface area contributed by atoms with Crippen LogP contribution in [0, 0.1) is 5.41 Å². The maximum absolute atomic E-state index is 9.32. The van der Waals surface area contributed by atoms with E-state index in [4.69, 9.17) is 11.6 Å². The second-order valence-corrected chi connectivity index (χ2v) is 6.28. The first-order valence-electron chi connectivity index (χ1n) is 5.99. The molecule has 1 aromatic carbocycles. The Labute approximate surface area is 109 Å². The summed E-state index contributed by atoms with van der Waals surface area (Å²) in [4.78, 5) is 0. The highest BCUT2D eigenvalue weighted by Crippen LogP contribution is 2.23. The highest BCUT2D eigenvalue weighted by atomic mass is 35.5. The quantitative estimate of drug-likeness (QED) is 0.789. The summed E-state index contributed by atoms with van der Waals surface area (Å²) in [5, 5.41) is 12.8. The Morgan fingerprint density at radius 3 is 2.65 bits per heavy atom. The Morgan fingerprint density at radius 1 is 1.35 bits per heavy atom. The van der Waals surface area contributed by atoms with Gasteiger partial charge in [-0.2, -0.15) is 0 Å². The predicted octanol–water partition coefficient (Wildman–Crippen LogP) is 3.53. The predicted molar refractivity (Wildman–Crippen MR) is 73.5 cm³/mol. The van der Waals surface area contributed by atoms with Crippen LogP contribution in [0.5, 0.6) is 5.75 Å². The maximum Gasteiger partial charge on any atom is 0.115 e. The van der Waals surface area contributed by atoms with Crippen molar-refractivity contribution in [1.29, 1.82) is 0 Å². The van der Waals surface area contributed by atoms with Crippen molar-refractivity contribution in [3.63, 3.8) is 0 Å². The standard InChI is InChI=1S/C14H22ClNO/c1-14(2,3)8-12(15)10-16-9-11-5-4-6-13(17)7-11/h4-7,12,16-17H,8-10H2,1-3H3. The summed E-state index contributed by atoms with van der Waals surface area (Å²) in [7, 11) is 0. The lowest BCUT2D eigenvalue weighted by Gasteiger charge is -2.22. The first-order valence-corrected chi connectivity index (χ1v) is 6.43. The fraction of sp³-hybridized carbons (Fsp3) is 0.571. The zero-order valence-corrected chi connectivity index (χ0v) is 11.6. The van der Waals surface area contributed by atoms with Gasteiger partial charge in [-0.15, -0.1) is 11.6 Å². The van der Waals surface area contributed by atoms with Gasteiger partial charge in [0.15, 0.2) is 0 Å². The van der Waals surface area contributed by atoms with E-state index in [9.17, 15) is 5.11 Å². The molecule has 0 aliphatic heterocycles. The molecular formula is C14H22ClNO. The molecule has 1 unspecified atom stereocenters. The highest BCUT2D eigenvalue weighted by molar-refractivity contribution is 6.20. The van der Waals surface area contributed by atoms with E-state index in [-0.39, 0.29) is 10.8 Å². The van der Waals surface area contributed by atoms with Crippen LogP contribution < -0.4 is 5.32 Å². The van der Waals surface area contributed by atoms with Crippen LogP contribution in [0.2, 0.25) is 0 Å². The third kappa shape index (κ3) is 6.54. The minimum Gasteiger partial charge on any atom is -0.508 e. The molecule has 0 aliphatic carbocycles. The number of alkyl halides is 1. The molecule has 0 aromatic heterocycles. The van der Waals surface area contributed by atoms with E-state index in [2.05, 4.69) is 26.1 Å². The van der Waals surface area contributed by atoms with Crippen LogP contribution in [0.25, 0.3) is 0 Å². The van der Waals surface area contributed by atoms with Crippen LogP contribution in [0.15, 0.2) is 24.3 Å². The number of phenols is 1. The van der Waals surface area contributed by atoms with E-state index in [1.165, 1.54) is 0 Å². The molecule has 0 aliphatic rings. The first-order chi connectivity index (χ1) is 7.87. The first kappa shape index (κ1) is 14.3. The molecule has 0 bridgehead atoms. The molecular weight excluding hydrogens is 234 g/mol. The number of nitrogens with one attached hydrogen (secondary N) is 1. The van der Waals surface area contributed by atoms with Gasteiger partial charge in [0.25, 0.3) is 0 Å². The van der Waals surface area contributed by atoms with E-state index < -0.39 is 0 Å². The van der Waals surface area contributed by atoms with E-state index in [1.54, 1.807) is 12.1 Å². The second-order valence-electron chi connectivity index (χ2n) is 5.66. The summed E-state index contributed by atoms with van der Waals surface area (Å²) in [6.07, 6.45) is 0.988. The van der Waals surface area contributed by atoms with Crippen molar-refractivity contribution < 1.29 is 5.11 Å². The van der Waals surface area contributed by atoms with Crippen molar-refractivity contribution in [3.8, 4) is 5.75 Å². The Hall–Kier alpha value is -0.730. The number of hydrogen-bond donors (Lipinski definition) is 2. The molecule has 0 saturated heterocycles. The molecule has 1 rings (SSSR count).